The maximum Gasteiger partial charge on any atom is 0.166 e. The van der Waals surface area contributed by atoms with E-state index in [1.54, 1.807) is 30.4 Å². The van der Waals surface area contributed by atoms with Crippen LogP contribution in [0.15, 0.2) is 54.6 Å². The van der Waals surface area contributed by atoms with Gasteiger partial charge in [-0.2, -0.15) is 0 Å². The van der Waals surface area contributed by atoms with Crippen LogP contribution in [-0.2, 0) is 11.3 Å². The maximum absolute atomic E-state index is 14.7. The maximum atomic E-state index is 14.7. The highest BCUT2D eigenvalue weighted by Crippen LogP contribution is 2.35. The van der Waals surface area contributed by atoms with Gasteiger partial charge in [-0.15, -0.1) is 0 Å². The van der Waals surface area contributed by atoms with Gasteiger partial charge in [0.1, 0.15) is 5.82 Å². The van der Waals surface area contributed by atoms with Gasteiger partial charge >= 0.3 is 0 Å². The molecule has 0 amide bonds. The summed E-state index contributed by atoms with van der Waals surface area (Å²) in [7, 11) is 0. The quantitative estimate of drug-likeness (QED) is 0.366. The first-order valence-electron chi connectivity index (χ1n) is 11.8. The summed E-state index contributed by atoms with van der Waals surface area (Å²) < 4.78 is 49.0. The van der Waals surface area contributed by atoms with Gasteiger partial charge < -0.3 is 9.84 Å². The van der Waals surface area contributed by atoms with E-state index >= 15 is 0 Å². The molecule has 0 heterocycles. The molecule has 0 radical (unpaired) electrons. The van der Waals surface area contributed by atoms with Gasteiger partial charge in [0.15, 0.2) is 11.6 Å². The van der Waals surface area contributed by atoms with Crippen LogP contribution in [0.1, 0.15) is 60.8 Å². The van der Waals surface area contributed by atoms with E-state index in [0.29, 0.717) is 43.4 Å². The Morgan fingerprint density at radius 1 is 0.853 bits per heavy atom. The molecule has 0 atom stereocenters. The van der Waals surface area contributed by atoms with Gasteiger partial charge in [-0.25, -0.2) is 13.2 Å². The van der Waals surface area contributed by atoms with Crippen molar-refractivity contribution in [3.63, 3.8) is 0 Å². The van der Waals surface area contributed by atoms with Crippen LogP contribution in [0.3, 0.4) is 0 Å². The smallest absolute Gasteiger partial charge is 0.166 e. The summed E-state index contributed by atoms with van der Waals surface area (Å²) >= 11 is 0. The molecule has 178 valence electrons. The fourth-order valence-corrected chi connectivity index (χ4v) is 4.44. The number of aliphatic hydroxyl groups is 1. The van der Waals surface area contributed by atoms with Gasteiger partial charge in [-0.1, -0.05) is 60.7 Å². The molecule has 1 saturated carbocycles. The topological polar surface area (TPSA) is 29.5 Å². The summed E-state index contributed by atoms with van der Waals surface area (Å²) in [5, 5.41) is 9.66. The lowest BCUT2D eigenvalue weighted by atomic mass is 9.82. The zero-order chi connectivity index (χ0) is 24.1. The molecule has 1 fully saturated rings. The molecule has 4 rings (SSSR count). The van der Waals surface area contributed by atoms with Crippen LogP contribution in [-0.4, -0.2) is 17.8 Å². The molecular formula is C29H29F3O2. The van der Waals surface area contributed by atoms with Crippen molar-refractivity contribution in [2.45, 2.75) is 51.2 Å². The third kappa shape index (κ3) is 5.60. The number of rotatable bonds is 7. The van der Waals surface area contributed by atoms with E-state index in [9.17, 15) is 18.3 Å². The highest BCUT2D eigenvalue weighted by Gasteiger charge is 2.25. The van der Waals surface area contributed by atoms with Crippen molar-refractivity contribution in [2.75, 3.05) is 6.61 Å². The summed E-state index contributed by atoms with van der Waals surface area (Å²) in [5.74, 6) is -2.00. The van der Waals surface area contributed by atoms with Gasteiger partial charge in [-0.3, -0.25) is 0 Å². The monoisotopic (exact) mass is 466 g/mol. The first-order chi connectivity index (χ1) is 16.5. The Bertz CT molecular complexity index is 1150. The Morgan fingerprint density at radius 3 is 2.24 bits per heavy atom. The molecule has 0 aliphatic heterocycles. The van der Waals surface area contributed by atoms with Gasteiger partial charge in [0.05, 0.1) is 12.7 Å². The highest BCUT2D eigenvalue weighted by atomic mass is 19.2. The lowest BCUT2D eigenvalue weighted by Gasteiger charge is -2.26. The molecule has 34 heavy (non-hydrogen) atoms. The number of ether oxygens (including phenoxy) is 1. The molecule has 2 nitrogen and oxygen atoms in total. The standard InChI is InChI=1S/C29H29F3O2/c1-2-34-18-24-10-9-23(17-27(24)30)20-6-3-19(4-7-20)5-8-22-13-16-26(29(32)28(22)31)21-11-14-25(33)15-12-21/h3-10,13,16-17,21,25,33H,2,11-12,14-15,18H2,1H3/b8-5+. The minimum Gasteiger partial charge on any atom is -0.393 e. The van der Waals surface area contributed by atoms with Gasteiger partial charge in [0.2, 0.25) is 0 Å². The Balaban J connectivity index is 1.46. The largest absolute Gasteiger partial charge is 0.393 e. The average molecular weight is 467 g/mol. The van der Waals surface area contributed by atoms with Gasteiger partial charge in [0, 0.05) is 17.7 Å². The van der Waals surface area contributed by atoms with Crippen molar-refractivity contribution in [3.05, 3.63) is 94.3 Å². The van der Waals surface area contributed by atoms with Crippen LogP contribution in [0.25, 0.3) is 23.3 Å². The second kappa shape index (κ2) is 11.0. The fraction of sp³-hybridized carbons (Fsp3) is 0.310. The predicted octanol–water partition coefficient (Wildman–Crippen LogP) is 7.50. The Kier molecular flexibility index (Phi) is 7.86. The third-order valence-corrected chi connectivity index (χ3v) is 6.49. The summed E-state index contributed by atoms with van der Waals surface area (Å²) in [4.78, 5) is 0. The molecule has 1 N–H and O–H groups in total. The fourth-order valence-electron chi connectivity index (χ4n) is 4.44. The van der Waals surface area contributed by atoms with E-state index in [0.717, 1.165) is 16.7 Å². The minimum absolute atomic E-state index is 0.0541. The molecule has 1 aliphatic rings. The van der Waals surface area contributed by atoms with Crippen molar-refractivity contribution in [3.8, 4) is 11.1 Å². The minimum atomic E-state index is -0.848. The summed E-state index contributed by atoms with van der Waals surface area (Å²) in [6, 6.07) is 15.8. The van der Waals surface area contributed by atoms with Crippen LogP contribution in [0.2, 0.25) is 0 Å². The molecule has 0 spiro atoms. The predicted molar refractivity (Wildman–Crippen MR) is 130 cm³/mol. The van der Waals surface area contributed by atoms with E-state index in [1.807, 2.05) is 37.3 Å². The normalized spacial score (nSPS) is 18.5. The van der Waals surface area contributed by atoms with E-state index in [2.05, 4.69) is 0 Å². The number of halogens is 3. The Labute approximate surface area is 198 Å². The molecule has 0 unspecified atom stereocenters. The SMILES string of the molecule is CCOCc1ccc(-c2ccc(/C=C/c3ccc(C4CCC(O)CC4)c(F)c3F)cc2)cc1F. The van der Waals surface area contributed by atoms with Crippen LogP contribution >= 0.6 is 0 Å². The van der Waals surface area contributed by atoms with Crippen LogP contribution < -0.4 is 0 Å². The molecule has 0 saturated heterocycles. The molecule has 0 bridgehead atoms. The molecule has 3 aromatic carbocycles. The van der Waals surface area contributed by atoms with E-state index in [1.165, 1.54) is 6.07 Å². The number of aliphatic hydroxyl groups excluding tert-OH is 1. The second-order valence-corrected chi connectivity index (χ2v) is 8.78. The van der Waals surface area contributed by atoms with E-state index in [-0.39, 0.29) is 30.0 Å². The third-order valence-electron chi connectivity index (χ3n) is 6.49. The number of benzene rings is 3. The van der Waals surface area contributed by atoms with Gasteiger partial charge in [0.25, 0.3) is 0 Å². The van der Waals surface area contributed by atoms with Crippen LogP contribution in [0, 0.1) is 17.5 Å². The lowest BCUT2D eigenvalue weighted by Crippen LogP contribution is -2.18. The second-order valence-electron chi connectivity index (χ2n) is 8.78. The average Bonchev–Trinajstić information content (AvgIpc) is 2.85. The van der Waals surface area contributed by atoms with Crippen molar-refractivity contribution >= 4 is 12.2 Å². The van der Waals surface area contributed by atoms with Crippen molar-refractivity contribution in [1.82, 2.24) is 0 Å². The first kappa shape index (κ1) is 24.2. The molecule has 0 aromatic heterocycles. The zero-order valence-corrected chi connectivity index (χ0v) is 19.2. The summed E-state index contributed by atoms with van der Waals surface area (Å²) in [6.45, 7) is 2.64. The van der Waals surface area contributed by atoms with Crippen LogP contribution in [0.5, 0.6) is 0 Å². The highest BCUT2D eigenvalue weighted by molar-refractivity contribution is 5.72. The summed E-state index contributed by atoms with van der Waals surface area (Å²) in [5.41, 5.74) is 3.54. The van der Waals surface area contributed by atoms with Crippen molar-refractivity contribution < 1.29 is 23.0 Å². The summed E-state index contributed by atoms with van der Waals surface area (Å²) in [6.07, 6.45) is 5.52. The number of hydrogen-bond acceptors (Lipinski definition) is 2. The Morgan fingerprint density at radius 2 is 1.56 bits per heavy atom. The van der Waals surface area contributed by atoms with Gasteiger partial charge in [-0.05, 0) is 66.8 Å². The van der Waals surface area contributed by atoms with Crippen molar-refractivity contribution in [2.24, 2.45) is 0 Å². The molecule has 5 heteroatoms. The molecule has 3 aromatic rings. The van der Waals surface area contributed by atoms with Crippen LogP contribution in [0.4, 0.5) is 13.2 Å². The van der Waals surface area contributed by atoms with E-state index < -0.39 is 11.6 Å². The van der Waals surface area contributed by atoms with E-state index in [4.69, 9.17) is 4.74 Å². The van der Waals surface area contributed by atoms with Crippen molar-refractivity contribution in [1.29, 1.82) is 0 Å². The first-order valence-corrected chi connectivity index (χ1v) is 11.8. The lowest BCUT2D eigenvalue weighted by molar-refractivity contribution is 0.122. The molecular weight excluding hydrogens is 437 g/mol. The Hall–Kier alpha value is -2.89. The number of hydrogen-bond donors (Lipinski definition) is 1. The molecule has 1 aliphatic carbocycles. The zero-order valence-electron chi connectivity index (χ0n) is 19.2.